The number of rotatable bonds is 8. The highest BCUT2D eigenvalue weighted by molar-refractivity contribution is 6.79. The van der Waals surface area contributed by atoms with E-state index in [2.05, 4.69) is 86.0 Å². The Morgan fingerprint density at radius 2 is 1.34 bits per heavy atom. The molecule has 0 N–H and O–H groups in total. The molecule has 0 fully saturated rings. The summed E-state index contributed by atoms with van der Waals surface area (Å²) < 4.78 is 14.7. The van der Waals surface area contributed by atoms with Gasteiger partial charge < -0.3 is 13.7 Å². The number of carbonyl (C=O) groups excluding carboxylic acids is 1. The quantitative estimate of drug-likeness (QED) is 0.185. The van der Waals surface area contributed by atoms with Gasteiger partial charge in [0.1, 0.15) is 13.3 Å². The molecule has 0 aliphatic rings. The third kappa shape index (κ3) is 5.64. The third-order valence-electron chi connectivity index (χ3n) is 6.56. The zero-order valence-electron chi connectivity index (χ0n) is 22.1. The Labute approximate surface area is 226 Å². The van der Waals surface area contributed by atoms with E-state index in [9.17, 15) is 4.79 Å². The lowest BCUT2D eigenvalue weighted by molar-refractivity contribution is 0.0475. The molecule has 0 spiro atoms. The minimum atomic E-state index is -1.48. The first kappa shape index (κ1) is 25.7. The van der Waals surface area contributed by atoms with Crippen LogP contribution in [-0.2, 0) is 27.9 Å². The minimum Gasteiger partial charge on any atom is -0.457 e. The Morgan fingerprint density at radius 1 is 0.763 bits per heavy atom. The van der Waals surface area contributed by atoms with Crippen LogP contribution in [-0.4, -0.2) is 19.6 Å². The summed E-state index contributed by atoms with van der Waals surface area (Å²) >= 11 is 0. The summed E-state index contributed by atoms with van der Waals surface area (Å²) in [5.41, 5.74) is 3.45. The van der Waals surface area contributed by atoms with Crippen molar-refractivity contribution in [1.82, 2.24) is 4.57 Å². The van der Waals surface area contributed by atoms with E-state index in [0.29, 0.717) is 12.3 Å². The predicted octanol–water partition coefficient (Wildman–Crippen LogP) is 6.08. The van der Waals surface area contributed by atoms with Crippen LogP contribution < -0.4 is 10.4 Å². The molecule has 38 heavy (non-hydrogen) atoms. The maximum Gasteiger partial charge on any atom is 0.339 e. The number of esters is 1. The fourth-order valence-electron chi connectivity index (χ4n) is 4.67. The Morgan fingerprint density at radius 3 is 1.92 bits per heavy atom. The second kappa shape index (κ2) is 11.2. The molecule has 0 atom stereocenters. The summed E-state index contributed by atoms with van der Waals surface area (Å²) in [5.74, 6) is -0.323. The topological polar surface area (TPSA) is 40.5 Å². The summed E-state index contributed by atoms with van der Waals surface area (Å²) in [6.07, 6.45) is 0. The first-order valence-electron chi connectivity index (χ1n) is 12.9. The smallest absolute Gasteiger partial charge is 0.339 e. The maximum absolute atomic E-state index is 13.2. The van der Waals surface area contributed by atoms with Gasteiger partial charge in [0.05, 0.1) is 11.1 Å². The van der Waals surface area contributed by atoms with E-state index < -0.39 is 9.04 Å². The van der Waals surface area contributed by atoms with Gasteiger partial charge in [-0.3, -0.25) is 0 Å². The van der Waals surface area contributed by atoms with Gasteiger partial charge in [-0.1, -0.05) is 118 Å². The van der Waals surface area contributed by atoms with Crippen molar-refractivity contribution in [2.45, 2.75) is 39.5 Å². The second-order valence-corrected chi connectivity index (χ2v) is 12.4. The highest BCUT2D eigenvalue weighted by atomic mass is 28.3. The molecule has 5 heteroatoms. The van der Waals surface area contributed by atoms with Crippen LogP contribution in [0.15, 0.2) is 115 Å². The molecule has 1 radical (unpaired) electrons. The first-order chi connectivity index (χ1) is 18.4. The van der Waals surface area contributed by atoms with E-state index in [0.717, 1.165) is 22.2 Å². The van der Waals surface area contributed by atoms with Crippen molar-refractivity contribution in [2.24, 2.45) is 0 Å². The maximum atomic E-state index is 13.2. The van der Waals surface area contributed by atoms with E-state index in [4.69, 9.17) is 9.16 Å². The number of hydrogen-bond donors (Lipinski definition) is 0. The molecule has 0 amide bonds. The molecule has 1 heterocycles. The van der Waals surface area contributed by atoms with Crippen LogP contribution in [0, 0.1) is 0 Å². The van der Waals surface area contributed by atoms with Crippen molar-refractivity contribution < 1.29 is 14.0 Å². The van der Waals surface area contributed by atoms with E-state index in [1.165, 1.54) is 10.4 Å². The van der Waals surface area contributed by atoms with E-state index in [1.807, 2.05) is 54.6 Å². The van der Waals surface area contributed by atoms with Gasteiger partial charge in [-0.2, -0.15) is 0 Å². The molecule has 0 saturated carbocycles. The van der Waals surface area contributed by atoms with Crippen LogP contribution in [0.5, 0.6) is 0 Å². The molecular weight excluding hydrogens is 486 g/mol. The Bertz CT molecular complexity index is 1470. The van der Waals surface area contributed by atoms with Crippen molar-refractivity contribution in [3.8, 4) is 0 Å². The number of nitrogens with zero attached hydrogens (tertiary/aromatic N) is 1. The van der Waals surface area contributed by atoms with Crippen LogP contribution in [0.25, 0.3) is 10.9 Å². The minimum absolute atomic E-state index is 0.153. The standard InChI is InChI=1S/C33H32NO3Si/c1-33(2,3)31-22-29-28(32(35)36-23-25-14-7-4-8-15-25)20-13-21-30(29)34(31)24-37-38(26-16-9-5-10-17-26)27-18-11-6-12-19-27/h4-22H,23-24H2,1-3H3. The van der Waals surface area contributed by atoms with Gasteiger partial charge in [-0.05, 0) is 34.1 Å². The average molecular weight is 519 g/mol. The second-order valence-electron chi connectivity index (χ2n) is 10.3. The van der Waals surface area contributed by atoms with Crippen molar-refractivity contribution >= 4 is 36.3 Å². The molecule has 0 aliphatic carbocycles. The van der Waals surface area contributed by atoms with Crippen LogP contribution in [0.1, 0.15) is 42.4 Å². The lowest BCUT2D eigenvalue weighted by atomic mass is 9.92. The zero-order valence-corrected chi connectivity index (χ0v) is 23.1. The summed E-state index contributed by atoms with van der Waals surface area (Å²) in [5, 5.41) is 3.28. The van der Waals surface area contributed by atoms with E-state index >= 15 is 0 Å². The van der Waals surface area contributed by atoms with Crippen LogP contribution in [0.4, 0.5) is 0 Å². The van der Waals surface area contributed by atoms with Gasteiger partial charge in [-0.15, -0.1) is 0 Å². The predicted molar refractivity (Wildman–Crippen MR) is 155 cm³/mol. The molecule has 191 valence electrons. The van der Waals surface area contributed by atoms with Crippen molar-refractivity contribution in [3.63, 3.8) is 0 Å². The van der Waals surface area contributed by atoms with E-state index in [1.54, 1.807) is 0 Å². The molecular formula is C33H32NO3Si. The van der Waals surface area contributed by atoms with Gasteiger partial charge in [0.25, 0.3) is 9.04 Å². The molecule has 5 aromatic rings. The molecule has 4 aromatic carbocycles. The number of carbonyl (C=O) groups is 1. The van der Waals surface area contributed by atoms with Gasteiger partial charge in [0.2, 0.25) is 0 Å². The number of aromatic nitrogens is 1. The fourth-order valence-corrected chi connectivity index (χ4v) is 6.58. The molecule has 0 saturated heterocycles. The average Bonchev–Trinajstić information content (AvgIpc) is 3.33. The van der Waals surface area contributed by atoms with E-state index in [-0.39, 0.29) is 18.0 Å². The molecule has 0 unspecified atom stereocenters. The Hall–Kier alpha value is -3.93. The van der Waals surface area contributed by atoms with Crippen molar-refractivity contribution in [2.75, 3.05) is 0 Å². The normalized spacial score (nSPS) is 11.7. The largest absolute Gasteiger partial charge is 0.457 e. The Balaban J connectivity index is 1.49. The van der Waals surface area contributed by atoms with Gasteiger partial charge in [0, 0.05) is 16.5 Å². The molecule has 5 rings (SSSR count). The van der Waals surface area contributed by atoms with Crippen LogP contribution >= 0.6 is 0 Å². The monoisotopic (exact) mass is 518 g/mol. The van der Waals surface area contributed by atoms with Crippen molar-refractivity contribution in [1.29, 1.82) is 0 Å². The SMILES string of the molecule is CC(C)(C)c1cc2c(C(=O)OCc3ccccc3)cccc2n1CO[Si](c1ccccc1)c1ccccc1. The number of hydrogen-bond acceptors (Lipinski definition) is 3. The fraction of sp³-hybridized carbons (Fsp3) is 0.182. The molecule has 4 nitrogen and oxygen atoms in total. The summed E-state index contributed by atoms with van der Waals surface area (Å²) in [6.45, 7) is 7.19. The van der Waals surface area contributed by atoms with Crippen LogP contribution in [0.2, 0.25) is 0 Å². The number of fused-ring (bicyclic) bond motifs is 1. The summed E-state index contributed by atoms with van der Waals surface area (Å²) in [6, 6.07) is 38.6. The van der Waals surface area contributed by atoms with Crippen molar-refractivity contribution in [3.05, 3.63) is 132 Å². The van der Waals surface area contributed by atoms with Gasteiger partial charge >= 0.3 is 5.97 Å². The van der Waals surface area contributed by atoms with Crippen LogP contribution in [0.3, 0.4) is 0 Å². The summed E-state index contributed by atoms with van der Waals surface area (Å²) in [4.78, 5) is 13.2. The highest BCUT2D eigenvalue weighted by Gasteiger charge is 2.26. The lowest BCUT2D eigenvalue weighted by Gasteiger charge is -2.24. The molecule has 0 aliphatic heterocycles. The van der Waals surface area contributed by atoms with Gasteiger partial charge in [0.15, 0.2) is 0 Å². The van der Waals surface area contributed by atoms with Gasteiger partial charge in [-0.25, -0.2) is 4.79 Å². The zero-order chi connectivity index (χ0) is 26.5. The number of benzene rings is 4. The molecule has 0 bridgehead atoms. The first-order valence-corrected chi connectivity index (χ1v) is 14.3. The number of ether oxygens (including phenoxy) is 1. The highest BCUT2D eigenvalue weighted by Crippen LogP contribution is 2.32. The molecule has 1 aromatic heterocycles. The summed E-state index contributed by atoms with van der Waals surface area (Å²) in [7, 11) is -1.48. The lowest BCUT2D eigenvalue weighted by Crippen LogP contribution is -2.45. The third-order valence-corrected chi connectivity index (χ3v) is 8.69. The Kier molecular flexibility index (Phi) is 7.59.